The van der Waals surface area contributed by atoms with E-state index in [2.05, 4.69) is 5.32 Å². The third-order valence-corrected chi connectivity index (χ3v) is 3.20. The third-order valence-electron chi connectivity index (χ3n) is 2.84. The number of benzene rings is 1. The molecule has 0 unspecified atom stereocenters. The summed E-state index contributed by atoms with van der Waals surface area (Å²) in [6.07, 6.45) is 1.56. The van der Waals surface area contributed by atoms with Crippen molar-refractivity contribution in [3.63, 3.8) is 0 Å². The minimum atomic E-state index is -0.774. The molecule has 0 radical (unpaired) electrons. The summed E-state index contributed by atoms with van der Waals surface area (Å²) in [5.74, 6) is -1.55. The first-order valence-corrected chi connectivity index (χ1v) is 7.62. The van der Waals surface area contributed by atoms with Crippen LogP contribution in [-0.4, -0.2) is 36.9 Å². The van der Waals surface area contributed by atoms with Crippen LogP contribution in [0.4, 0.5) is 5.69 Å². The number of aliphatic hydroxyl groups excluding tert-OH is 1. The number of ether oxygens (including phenoxy) is 2. The van der Waals surface area contributed by atoms with E-state index in [-0.39, 0.29) is 25.4 Å². The van der Waals surface area contributed by atoms with Crippen LogP contribution in [0.25, 0.3) is 0 Å². The van der Waals surface area contributed by atoms with Crippen molar-refractivity contribution < 1.29 is 24.2 Å². The first kappa shape index (κ1) is 19.0. The molecular formula is C16H20ClNO5. The van der Waals surface area contributed by atoms with Crippen LogP contribution in [0.1, 0.15) is 19.4 Å². The van der Waals surface area contributed by atoms with E-state index in [1.807, 2.05) is 0 Å². The molecule has 1 rings (SSSR count). The Morgan fingerprint density at radius 2 is 1.83 bits per heavy atom. The smallest absolute Gasteiger partial charge is 0.347 e. The van der Waals surface area contributed by atoms with Crippen LogP contribution in [-0.2, 0) is 25.5 Å². The van der Waals surface area contributed by atoms with Gasteiger partial charge < -0.3 is 19.9 Å². The van der Waals surface area contributed by atoms with E-state index in [1.165, 1.54) is 6.20 Å². The summed E-state index contributed by atoms with van der Waals surface area (Å²) in [6.45, 7) is 3.49. The molecule has 0 atom stereocenters. The Labute approximate surface area is 140 Å². The van der Waals surface area contributed by atoms with Crippen LogP contribution >= 0.6 is 11.6 Å². The van der Waals surface area contributed by atoms with Crippen LogP contribution < -0.4 is 5.32 Å². The molecule has 0 aromatic heterocycles. The fourth-order valence-electron chi connectivity index (χ4n) is 1.83. The van der Waals surface area contributed by atoms with E-state index in [0.29, 0.717) is 22.7 Å². The Balaban J connectivity index is 3.07. The normalized spacial score (nSPS) is 9.91. The number of nitrogens with one attached hydrogen (secondary N) is 1. The van der Waals surface area contributed by atoms with Crippen molar-refractivity contribution in [2.75, 3.05) is 25.1 Å². The van der Waals surface area contributed by atoms with E-state index in [9.17, 15) is 9.59 Å². The molecule has 0 saturated carbocycles. The van der Waals surface area contributed by atoms with E-state index >= 15 is 0 Å². The Hall–Kier alpha value is -2.05. The van der Waals surface area contributed by atoms with Crippen molar-refractivity contribution in [2.45, 2.75) is 20.3 Å². The molecule has 0 fully saturated rings. The van der Waals surface area contributed by atoms with E-state index < -0.39 is 11.9 Å². The van der Waals surface area contributed by atoms with Crippen molar-refractivity contribution in [1.29, 1.82) is 0 Å². The highest BCUT2D eigenvalue weighted by Crippen LogP contribution is 2.25. The quantitative estimate of drug-likeness (QED) is 0.326. The molecule has 0 saturated heterocycles. The van der Waals surface area contributed by atoms with Gasteiger partial charge in [-0.2, -0.15) is 0 Å². The van der Waals surface area contributed by atoms with Crippen LogP contribution in [0.2, 0.25) is 5.02 Å². The van der Waals surface area contributed by atoms with Gasteiger partial charge in [-0.3, -0.25) is 0 Å². The van der Waals surface area contributed by atoms with Gasteiger partial charge in [0, 0.05) is 23.5 Å². The van der Waals surface area contributed by atoms with Gasteiger partial charge in [0.05, 0.1) is 13.2 Å². The minimum absolute atomic E-state index is 0.0786. The second-order valence-corrected chi connectivity index (χ2v) is 4.79. The lowest BCUT2D eigenvalue weighted by atomic mass is 10.1. The number of anilines is 1. The van der Waals surface area contributed by atoms with E-state index in [1.54, 1.807) is 32.0 Å². The molecule has 0 bridgehead atoms. The minimum Gasteiger partial charge on any atom is -0.462 e. The molecule has 0 aliphatic rings. The Morgan fingerprint density at radius 1 is 1.22 bits per heavy atom. The number of aliphatic hydroxyl groups is 1. The first-order chi connectivity index (χ1) is 11.0. The zero-order valence-corrected chi connectivity index (χ0v) is 13.9. The maximum Gasteiger partial charge on any atom is 0.347 e. The monoisotopic (exact) mass is 341 g/mol. The summed E-state index contributed by atoms with van der Waals surface area (Å²) >= 11 is 6.09. The summed E-state index contributed by atoms with van der Waals surface area (Å²) in [4.78, 5) is 23.7. The van der Waals surface area contributed by atoms with Gasteiger partial charge in [0.15, 0.2) is 5.57 Å². The number of carbonyl (C=O) groups excluding carboxylic acids is 2. The highest BCUT2D eigenvalue weighted by molar-refractivity contribution is 6.31. The van der Waals surface area contributed by atoms with Crippen LogP contribution in [0.5, 0.6) is 0 Å². The van der Waals surface area contributed by atoms with Crippen molar-refractivity contribution in [3.8, 4) is 0 Å². The molecule has 6 nitrogen and oxygen atoms in total. The number of carbonyl (C=O) groups is 2. The number of hydrogen-bond acceptors (Lipinski definition) is 6. The van der Waals surface area contributed by atoms with Gasteiger partial charge in [-0.25, -0.2) is 9.59 Å². The molecular weight excluding hydrogens is 322 g/mol. The molecule has 1 aromatic rings. The topological polar surface area (TPSA) is 84.9 Å². The van der Waals surface area contributed by atoms with Crippen molar-refractivity contribution in [3.05, 3.63) is 40.6 Å². The van der Waals surface area contributed by atoms with Gasteiger partial charge in [0.2, 0.25) is 0 Å². The number of esters is 2. The second kappa shape index (κ2) is 9.86. The molecule has 0 spiro atoms. The fraction of sp³-hybridized carbons (Fsp3) is 0.375. The Kier molecular flexibility index (Phi) is 8.15. The maximum absolute atomic E-state index is 11.9. The average molecular weight is 342 g/mol. The average Bonchev–Trinajstić information content (AvgIpc) is 2.51. The molecule has 1 aromatic carbocycles. The molecule has 0 amide bonds. The van der Waals surface area contributed by atoms with E-state index in [0.717, 1.165) is 0 Å². The van der Waals surface area contributed by atoms with Gasteiger partial charge in [-0.15, -0.1) is 0 Å². The summed E-state index contributed by atoms with van der Waals surface area (Å²) in [5.41, 5.74) is 1.02. The Bertz CT molecular complexity index is 566. The lowest BCUT2D eigenvalue weighted by Gasteiger charge is -2.12. The largest absolute Gasteiger partial charge is 0.462 e. The molecule has 126 valence electrons. The van der Waals surface area contributed by atoms with Gasteiger partial charge in [-0.1, -0.05) is 17.7 Å². The molecule has 0 aliphatic heterocycles. The summed E-state index contributed by atoms with van der Waals surface area (Å²) < 4.78 is 9.69. The molecule has 2 N–H and O–H groups in total. The van der Waals surface area contributed by atoms with Crippen LogP contribution in [0, 0.1) is 0 Å². The van der Waals surface area contributed by atoms with Gasteiger partial charge in [0.1, 0.15) is 0 Å². The summed E-state index contributed by atoms with van der Waals surface area (Å²) in [6, 6.07) is 5.13. The van der Waals surface area contributed by atoms with Crippen molar-refractivity contribution >= 4 is 29.2 Å². The van der Waals surface area contributed by atoms with Crippen molar-refractivity contribution in [2.24, 2.45) is 0 Å². The predicted molar refractivity (Wildman–Crippen MR) is 87.2 cm³/mol. The standard InChI is InChI=1S/C16H20ClNO5/c1-3-22-15(20)12(16(21)23-4-2)10-18-14-7-5-6-13(17)11(14)8-9-19/h5-7,10,18-19H,3-4,8-9H2,1-2H3. The Morgan fingerprint density at radius 3 is 2.35 bits per heavy atom. The number of rotatable bonds is 8. The fourth-order valence-corrected chi connectivity index (χ4v) is 2.10. The lowest BCUT2D eigenvalue weighted by Crippen LogP contribution is -2.19. The zero-order chi connectivity index (χ0) is 17.2. The number of halogens is 1. The predicted octanol–water partition coefficient (Wildman–Crippen LogP) is 2.30. The second-order valence-electron chi connectivity index (χ2n) is 4.38. The molecule has 7 heteroatoms. The highest BCUT2D eigenvalue weighted by Gasteiger charge is 2.21. The highest BCUT2D eigenvalue weighted by atomic mass is 35.5. The van der Waals surface area contributed by atoms with E-state index in [4.69, 9.17) is 26.2 Å². The van der Waals surface area contributed by atoms with Gasteiger partial charge >= 0.3 is 11.9 Å². The molecule has 0 heterocycles. The summed E-state index contributed by atoms with van der Waals surface area (Å²) in [7, 11) is 0. The van der Waals surface area contributed by atoms with Crippen LogP contribution in [0.3, 0.4) is 0 Å². The zero-order valence-electron chi connectivity index (χ0n) is 13.1. The van der Waals surface area contributed by atoms with Crippen molar-refractivity contribution in [1.82, 2.24) is 0 Å². The SMILES string of the molecule is CCOC(=O)C(=CNc1cccc(Cl)c1CCO)C(=O)OCC. The molecule has 0 aliphatic carbocycles. The van der Waals surface area contributed by atoms with Gasteiger partial charge in [0.25, 0.3) is 0 Å². The maximum atomic E-state index is 11.9. The number of hydrogen-bond donors (Lipinski definition) is 2. The summed E-state index contributed by atoms with van der Waals surface area (Å²) in [5, 5.41) is 12.4. The van der Waals surface area contributed by atoms with Crippen LogP contribution in [0.15, 0.2) is 30.0 Å². The first-order valence-electron chi connectivity index (χ1n) is 7.24. The third kappa shape index (κ3) is 5.58. The van der Waals surface area contributed by atoms with Gasteiger partial charge in [-0.05, 0) is 38.0 Å². The lowest BCUT2D eigenvalue weighted by molar-refractivity contribution is -0.146. The molecule has 23 heavy (non-hydrogen) atoms.